The summed E-state index contributed by atoms with van der Waals surface area (Å²) in [5.74, 6) is 0.732. The van der Waals surface area contributed by atoms with Crippen LogP contribution in [0.4, 0.5) is 0 Å². The number of ether oxygens (including phenoxy) is 4. The van der Waals surface area contributed by atoms with Gasteiger partial charge in [-0.1, -0.05) is 158 Å². The van der Waals surface area contributed by atoms with E-state index in [9.17, 15) is 19.5 Å². The second-order valence-electron chi connectivity index (χ2n) is 26.1. The minimum absolute atomic E-state index is 0.312. The molecule has 0 heterocycles. The smallest absolute Gasteiger partial charge is 0.343 e. The van der Waals surface area contributed by atoms with Crippen LogP contribution in [0.5, 0.6) is 23.0 Å². The fourth-order valence-corrected chi connectivity index (χ4v) is 22.1. The molecule has 534 valence electrons. The van der Waals surface area contributed by atoms with E-state index in [1.165, 1.54) is 44.1 Å². The highest BCUT2D eigenvalue weighted by Gasteiger charge is 2.35. The van der Waals surface area contributed by atoms with Crippen molar-refractivity contribution in [2.45, 2.75) is 120 Å². The molecule has 0 radical (unpaired) electrons. The first-order chi connectivity index (χ1) is 52.5. The van der Waals surface area contributed by atoms with Crippen LogP contribution in [0.15, 0.2) is 398 Å². The third-order valence-corrected chi connectivity index (χ3v) is 26.9. The van der Waals surface area contributed by atoms with Crippen LogP contribution in [0.1, 0.15) is 87.4 Å². The first kappa shape index (κ1) is 74.9. The van der Waals surface area contributed by atoms with Crippen molar-refractivity contribution in [3.8, 4) is 23.0 Å². The van der Waals surface area contributed by atoms with Crippen LogP contribution in [-0.4, -0.2) is 23.0 Å². The molecule has 14 rings (SSSR count). The van der Waals surface area contributed by atoms with E-state index >= 15 is 0 Å². The van der Waals surface area contributed by atoms with E-state index < -0.39 is 24.2 Å². The predicted molar refractivity (Wildman–Crippen MR) is 437 cm³/mol. The van der Waals surface area contributed by atoms with Gasteiger partial charge in [-0.05, 0) is 233 Å². The molecule has 1 N–H and O–H groups in total. The molecule has 0 fully saturated rings. The summed E-state index contributed by atoms with van der Waals surface area (Å²) >= 11 is 0. The first-order valence-electron chi connectivity index (χ1n) is 35.6. The van der Waals surface area contributed by atoms with E-state index in [0.29, 0.717) is 45.3 Å². The van der Waals surface area contributed by atoms with Gasteiger partial charge < -0.3 is 24.1 Å². The molecule has 1 unspecified atom stereocenters. The predicted octanol–water partition coefficient (Wildman–Crippen LogP) is 22.9. The number of esters is 3. The molecule has 0 aliphatic heterocycles. The monoisotopic (exact) mass is 1490 g/mol. The Morgan fingerprint density at radius 1 is 0.231 bits per heavy atom. The molecule has 1 atom stereocenters. The molecule has 14 aromatic carbocycles. The zero-order chi connectivity index (χ0) is 75.2. The van der Waals surface area contributed by atoms with Gasteiger partial charge in [0.2, 0.25) is 6.29 Å². The summed E-state index contributed by atoms with van der Waals surface area (Å²) in [7, 11) is -1.28. The highest BCUT2D eigenvalue weighted by Crippen LogP contribution is 2.42. The Balaban J connectivity index is 0.000000190. The topological polar surface area (TPSA) is 108 Å². The van der Waals surface area contributed by atoms with Crippen LogP contribution in [-0.2, 0) is 43.6 Å². The zero-order valence-corrected chi connectivity index (χ0v) is 64.6. The average Bonchev–Trinajstić information content (AvgIpc) is 0.805. The summed E-state index contributed by atoms with van der Waals surface area (Å²) in [5.41, 5.74) is 8.54. The summed E-state index contributed by atoms with van der Waals surface area (Å²) in [6, 6.07) is 114. The zero-order valence-electron chi connectivity index (χ0n) is 61.3. The van der Waals surface area contributed by atoms with Crippen LogP contribution in [0.2, 0.25) is 0 Å². The third kappa shape index (κ3) is 17.7. The van der Waals surface area contributed by atoms with Gasteiger partial charge in [0.1, 0.15) is 23.0 Å². The summed E-state index contributed by atoms with van der Waals surface area (Å²) in [6.45, 7) is 15.8. The Bertz CT molecular complexity index is 5020. The van der Waals surface area contributed by atoms with Crippen LogP contribution in [0.25, 0.3) is 0 Å². The molecule has 0 aliphatic rings. The van der Waals surface area contributed by atoms with Crippen molar-refractivity contribution in [3.63, 3.8) is 0 Å². The minimum atomic E-state index is -1.29. The minimum Gasteiger partial charge on any atom is -0.460 e. The number of hydrogen-bond acceptors (Lipinski definition) is 8. The number of benzene rings is 14. The summed E-state index contributed by atoms with van der Waals surface area (Å²) in [4.78, 5) is 54.8. The van der Waals surface area contributed by atoms with Gasteiger partial charge in [-0.15, -0.1) is 0 Å². The Hall–Kier alpha value is -11.4. The van der Waals surface area contributed by atoms with Crippen molar-refractivity contribution >= 4 is 61.5 Å². The van der Waals surface area contributed by atoms with Crippen molar-refractivity contribution < 1.29 is 38.4 Å². The van der Waals surface area contributed by atoms with Crippen molar-refractivity contribution in [3.05, 3.63) is 406 Å². The number of hydrogen-bond donors (Lipinski definition) is 1. The number of carbonyl (C=O) groups is 3. The lowest BCUT2D eigenvalue weighted by Gasteiger charge is -2.19. The van der Waals surface area contributed by atoms with Crippen molar-refractivity contribution in [2.24, 2.45) is 0 Å². The number of aryl methyl sites for hydroxylation is 8. The van der Waals surface area contributed by atoms with E-state index in [-0.39, 0.29) is 43.6 Å². The largest absolute Gasteiger partial charge is 0.460 e. The molecule has 0 saturated carbocycles. The van der Waals surface area contributed by atoms with Gasteiger partial charge in [0.05, 0.1) is 60.3 Å². The van der Waals surface area contributed by atoms with E-state index in [1.54, 1.807) is 48.5 Å². The van der Waals surface area contributed by atoms with Gasteiger partial charge in [-0.3, -0.25) is 0 Å². The normalized spacial score (nSPS) is 11.4. The summed E-state index contributed by atoms with van der Waals surface area (Å²) in [5, 5.41) is 11.3. The molecule has 108 heavy (non-hydrogen) atoms. The highest BCUT2D eigenvalue weighted by atomic mass is 32.2. The van der Waals surface area contributed by atoms with E-state index in [2.05, 4.69) is 243 Å². The maximum Gasteiger partial charge on any atom is 0.343 e. The highest BCUT2D eigenvalue weighted by molar-refractivity contribution is 7.98. The van der Waals surface area contributed by atoms with E-state index in [1.807, 2.05) is 104 Å². The average molecular weight is 1490 g/mol. The van der Waals surface area contributed by atoms with Gasteiger partial charge in [-0.2, -0.15) is 0 Å². The third-order valence-electron chi connectivity index (χ3n) is 18.1. The molecule has 0 saturated heterocycles. The number of rotatable bonds is 21. The van der Waals surface area contributed by atoms with Crippen LogP contribution < -0.4 is 18.9 Å². The molecule has 0 aliphatic carbocycles. The number of carbonyl (C=O) groups excluding carboxylic acids is 3. The summed E-state index contributed by atoms with van der Waals surface area (Å²) < 4.78 is 24.2. The van der Waals surface area contributed by atoms with Gasteiger partial charge >= 0.3 is 17.9 Å². The summed E-state index contributed by atoms with van der Waals surface area (Å²) in [6.07, 6.45) is -1.29. The standard InChI is InChI=1S/C48H42O4S2.C48H40O4S2/c1-33-28-43(53(39-20-9-5-10-21-39)40-22-11-6-12-23-40)29-34(2)45(33)51-47(49)37-18-17-19-38(32-37)48(50)52-46-35(3)30-44(31-36(46)4)54(41-24-13-7-14-25-41)42-26-15-8-16-27-42;1-33-29-43(53(39-17-9-5-10-18-39)40-19-11-6-12-20-40)30-34(2)45(33)51-47(49)37-25-27-38(28-26-37)48(50)52-46-35(3)31-44(32-36(46)4)54(41-21-13-7-14-22-41)42-23-15-8-16-24-42/h5-32,47,49H,1-4H3;5-32H,1-4H3/q2*+2. The molecule has 0 amide bonds. The van der Waals surface area contributed by atoms with E-state index in [4.69, 9.17) is 18.9 Å². The molecule has 14 aromatic rings. The van der Waals surface area contributed by atoms with Gasteiger partial charge in [0.15, 0.2) is 58.7 Å². The van der Waals surface area contributed by atoms with Crippen molar-refractivity contribution in [1.29, 1.82) is 0 Å². The van der Waals surface area contributed by atoms with Gasteiger partial charge in [0, 0.05) is 54.1 Å². The lowest BCUT2D eigenvalue weighted by molar-refractivity contribution is -0.0205. The maximum absolute atomic E-state index is 13.6. The second kappa shape index (κ2) is 34.9. The Morgan fingerprint density at radius 3 is 0.657 bits per heavy atom. The van der Waals surface area contributed by atoms with E-state index in [0.717, 1.165) is 59.2 Å². The fraction of sp³-hybridized carbons (Fsp3) is 0.0938. The van der Waals surface area contributed by atoms with Gasteiger partial charge in [-0.25, -0.2) is 14.4 Å². The van der Waals surface area contributed by atoms with Crippen LogP contribution >= 0.6 is 0 Å². The second-order valence-corrected chi connectivity index (χ2v) is 34.2. The maximum atomic E-state index is 13.6. The molecule has 12 heteroatoms. The van der Waals surface area contributed by atoms with Crippen LogP contribution in [0, 0.1) is 55.4 Å². The molecular formula is C96H82O8S4+4. The number of aliphatic hydroxyl groups is 1. The fourth-order valence-electron chi connectivity index (χ4n) is 13.1. The first-order valence-corrected chi connectivity index (χ1v) is 40.5. The van der Waals surface area contributed by atoms with Gasteiger partial charge in [0.25, 0.3) is 0 Å². The molecule has 8 nitrogen and oxygen atoms in total. The Kier molecular flexibility index (Phi) is 24.2. The number of aliphatic hydroxyl groups excluding tert-OH is 1. The Morgan fingerprint density at radius 2 is 0.435 bits per heavy atom. The molecule has 0 bridgehead atoms. The SMILES string of the molecule is Cc1cc([S+](c2ccccc2)c2ccccc2)cc(C)c1OC(=O)c1ccc(C(=O)Oc2c(C)cc([S+](c3ccccc3)c3ccccc3)cc2C)cc1.Cc1cc([S+](c2ccccc2)c2ccccc2)cc(C)c1OC(=O)c1cccc(C(O)Oc2c(C)cc([S+](c3ccccc3)c3ccccc3)cc2C)c1. The van der Waals surface area contributed by atoms with Crippen molar-refractivity contribution in [2.75, 3.05) is 0 Å². The lowest BCUT2D eigenvalue weighted by Crippen LogP contribution is -2.14. The quantitative estimate of drug-likeness (QED) is 0.0328. The molecular weight excluding hydrogens is 1410 g/mol. The lowest BCUT2D eigenvalue weighted by atomic mass is 10.1. The van der Waals surface area contributed by atoms with Crippen molar-refractivity contribution in [1.82, 2.24) is 0 Å². The molecule has 0 spiro atoms. The van der Waals surface area contributed by atoms with Crippen LogP contribution in [0.3, 0.4) is 0 Å². The Labute approximate surface area is 645 Å². The molecule has 0 aromatic heterocycles.